The molecular weight excluding hydrogens is 488 g/mol. The largest absolute Gasteiger partial charge is 0.390 e. The number of aliphatic hydroxyl groups is 1. The van der Waals surface area contributed by atoms with Gasteiger partial charge in [0.05, 0.1) is 30.4 Å². The number of aromatic nitrogens is 4. The third-order valence-electron chi connectivity index (χ3n) is 3.76. The van der Waals surface area contributed by atoms with E-state index in [1.807, 2.05) is 48.5 Å². The first-order valence-electron chi connectivity index (χ1n) is 8.26. The molecule has 0 spiro atoms. The number of H-pyrrole nitrogens is 2. The quantitative estimate of drug-likeness (QED) is 0.342. The second-order valence-corrected chi connectivity index (χ2v) is 7.57. The fourth-order valence-corrected chi connectivity index (χ4v) is 2.87. The van der Waals surface area contributed by atoms with Crippen LogP contribution in [0.1, 0.15) is 16.2 Å². The smallest absolute Gasteiger partial charge is 0.167 e. The minimum absolute atomic E-state index is 0.0104. The molecule has 0 saturated heterocycles. The summed E-state index contributed by atoms with van der Waals surface area (Å²) in [7, 11) is 0. The normalized spacial score (nSPS) is 10.2. The molecule has 0 aliphatic carbocycles. The number of carbonyl (C=O) groups excluding carboxylic acids is 1. The Morgan fingerprint density at radius 3 is 1.75 bits per heavy atom. The molecule has 0 aliphatic heterocycles. The summed E-state index contributed by atoms with van der Waals surface area (Å²) in [6.07, 6.45) is 3.90. The average molecular weight is 504 g/mol. The second kappa shape index (κ2) is 9.59. The van der Waals surface area contributed by atoms with Crippen LogP contribution in [0.3, 0.4) is 0 Å². The monoisotopic (exact) mass is 502 g/mol. The molecule has 2 aromatic carbocycles. The highest BCUT2D eigenvalue weighted by molar-refractivity contribution is 9.10. The highest BCUT2D eigenvalue weighted by Gasteiger charge is 2.02. The predicted molar refractivity (Wildman–Crippen MR) is 115 cm³/mol. The van der Waals surface area contributed by atoms with Gasteiger partial charge < -0.3 is 15.1 Å². The van der Waals surface area contributed by atoms with Gasteiger partial charge in [-0.1, -0.05) is 56.1 Å². The summed E-state index contributed by atoms with van der Waals surface area (Å²) in [4.78, 5) is 24.6. The van der Waals surface area contributed by atoms with Gasteiger partial charge in [-0.15, -0.1) is 0 Å². The molecule has 2 heterocycles. The van der Waals surface area contributed by atoms with Gasteiger partial charge in [-0.25, -0.2) is 9.97 Å². The molecule has 0 aliphatic rings. The van der Waals surface area contributed by atoms with E-state index in [1.165, 1.54) is 6.20 Å². The Bertz CT molecular complexity index is 1040. The van der Waals surface area contributed by atoms with Crippen LogP contribution in [0.2, 0.25) is 0 Å². The number of hydrogen-bond acceptors (Lipinski definition) is 4. The Balaban J connectivity index is 0.000000161. The molecule has 6 nitrogen and oxygen atoms in total. The van der Waals surface area contributed by atoms with Crippen molar-refractivity contribution in [2.45, 2.75) is 6.61 Å². The van der Waals surface area contributed by atoms with Gasteiger partial charge in [-0.05, 0) is 24.3 Å². The van der Waals surface area contributed by atoms with Crippen molar-refractivity contribution in [3.63, 3.8) is 0 Å². The lowest BCUT2D eigenvalue weighted by Crippen LogP contribution is -1.83. The number of aromatic amines is 2. The van der Waals surface area contributed by atoms with E-state index in [9.17, 15) is 4.79 Å². The number of nitrogens with zero attached hydrogens (tertiary/aromatic N) is 2. The summed E-state index contributed by atoms with van der Waals surface area (Å²) >= 11 is 6.72. The van der Waals surface area contributed by atoms with Crippen LogP contribution in [0.25, 0.3) is 22.8 Å². The Labute approximate surface area is 178 Å². The van der Waals surface area contributed by atoms with E-state index in [4.69, 9.17) is 5.11 Å². The molecule has 0 amide bonds. The van der Waals surface area contributed by atoms with Crippen molar-refractivity contribution in [2.24, 2.45) is 0 Å². The molecule has 0 atom stereocenters. The number of rotatable bonds is 4. The van der Waals surface area contributed by atoms with Gasteiger partial charge in [0.1, 0.15) is 11.6 Å². The summed E-state index contributed by atoms with van der Waals surface area (Å²) < 4.78 is 2.05. The van der Waals surface area contributed by atoms with E-state index >= 15 is 0 Å². The average Bonchev–Trinajstić information content (AvgIpc) is 3.39. The van der Waals surface area contributed by atoms with Gasteiger partial charge in [0.15, 0.2) is 6.29 Å². The van der Waals surface area contributed by atoms with Gasteiger partial charge in [-0.3, -0.25) is 4.79 Å². The Kier molecular flexibility index (Phi) is 6.91. The third-order valence-corrected chi connectivity index (χ3v) is 4.81. The number of imidazole rings is 2. The topological polar surface area (TPSA) is 94.7 Å². The molecule has 0 radical (unpaired) electrons. The van der Waals surface area contributed by atoms with Gasteiger partial charge in [0.2, 0.25) is 0 Å². The lowest BCUT2D eigenvalue weighted by atomic mass is 10.2. The van der Waals surface area contributed by atoms with E-state index in [-0.39, 0.29) is 6.61 Å². The Hall–Kier alpha value is -2.55. The summed E-state index contributed by atoms with van der Waals surface area (Å²) in [5, 5.41) is 8.86. The lowest BCUT2D eigenvalue weighted by molar-refractivity contribution is 0.111. The van der Waals surface area contributed by atoms with Crippen molar-refractivity contribution in [3.8, 4) is 22.8 Å². The van der Waals surface area contributed by atoms with E-state index in [2.05, 4.69) is 51.8 Å². The van der Waals surface area contributed by atoms with Crippen molar-refractivity contribution in [1.29, 1.82) is 0 Å². The molecule has 0 fully saturated rings. The van der Waals surface area contributed by atoms with Crippen LogP contribution in [0.4, 0.5) is 0 Å². The molecule has 28 heavy (non-hydrogen) atoms. The number of carbonyl (C=O) groups is 1. The summed E-state index contributed by atoms with van der Waals surface area (Å²) in [6, 6.07) is 15.5. The fraction of sp³-hybridized carbons (Fsp3) is 0.0500. The van der Waals surface area contributed by atoms with Gasteiger partial charge >= 0.3 is 0 Å². The minimum Gasteiger partial charge on any atom is -0.390 e. The highest BCUT2D eigenvalue weighted by atomic mass is 79.9. The molecule has 3 N–H and O–H groups in total. The van der Waals surface area contributed by atoms with Crippen LogP contribution in [0.5, 0.6) is 0 Å². The summed E-state index contributed by atoms with van der Waals surface area (Å²) in [5.41, 5.74) is 3.18. The van der Waals surface area contributed by atoms with Crippen molar-refractivity contribution in [2.75, 3.05) is 0 Å². The second-order valence-electron chi connectivity index (χ2n) is 5.73. The van der Waals surface area contributed by atoms with Crippen LogP contribution in [-0.4, -0.2) is 31.3 Å². The van der Waals surface area contributed by atoms with Crippen LogP contribution in [-0.2, 0) is 6.61 Å². The molecule has 4 aromatic rings. The standard InChI is InChI=1S/C10H9BrN2O.C10H7BrN2O/c2*11-8-3-1-7(2-4-8)10-12-5-9(6-14)13-10/h1-5,14H,6H2,(H,12,13);1-6H,(H,12,13). The molecule has 2 aromatic heterocycles. The van der Waals surface area contributed by atoms with Crippen molar-refractivity contribution < 1.29 is 9.90 Å². The van der Waals surface area contributed by atoms with E-state index in [0.717, 1.165) is 37.9 Å². The lowest BCUT2D eigenvalue weighted by Gasteiger charge is -1.96. The van der Waals surface area contributed by atoms with Crippen molar-refractivity contribution in [1.82, 2.24) is 19.9 Å². The number of nitrogens with one attached hydrogen (secondary N) is 2. The molecule has 4 rings (SSSR count). The van der Waals surface area contributed by atoms with E-state index in [1.54, 1.807) is 6.20 Å². The van der Waals surface area contributed by atoms with Gasteiger partial charge in [0.25, 0.3) is 0 Å². The zero-order valence-electron chi connectivity index (χ0n) is 14.6. The number of aliphatic hydroxyl groups excluding tert-OH is 1. The van der Waals surface area contributed by atoms with Gasteiger partial charge in [-0.2, -0.15) is 0 Å². The zero-order valence-corrected chi connectivity index (χ0v) is 17.7. The number of aldehydes is 1. The zero-order chi connectivity index (χ0) is 19.9. The minimum atomic E-state index is -0.0104. The van der Waals surface area contributed by atoms with E-state index < -0.39 is 0 Å². The molecule has 0 unspecified atom stereocenters. The Morgan fingerprint density at radius 2 is 1.32 bits per heavy atom. The number of halogens is 2. The number of hydrogen-bond donors (Lipinski definition) is 3. The molecule has 0 saturated carbocycles. The molecule has 142 valence electrons. The maximum Gasteiger partial charge on any atom is 0.167 e. The first-order chi connectivity index (χ1) is 13.6. The predicted octanol–water partition coefficient (Wildman–Crippen LogP) is 4.98. The summed E-state index contributed by atoms with van der Waals surface area (Å²) in [5.74, 6) is 1.49. The van der Waals surface area contributed by atoms with Crippen LogP contribution in [0, 0.1) is 0 Å². The first-order valence-corrected chi connectivity index (χ1v) is 9.84. The third kappa shape index (κ3) is 5.25. The summed E-state index contributed by atoms with van der Waals surface area (Å²) in [6.45, 7) is -0.0104. The van der Waals surface area contributed by atoms with Crippen LogP contribution in [0.15, 0.2) is 69.9 Å². The van der Waals surface area contributed by atoms with Gasteiger partial charge in [0, 0.05) is 20.1 Å². The SMILES string of the molecule is O=Cc1cnc(-c2ccc(Br)cc2)[nH]1.OCc1cnc(-c2ccc(Br)cc2)[nH]1. The van der Waals surface area contributed by atoms with Crippen molar-refractivity contribution in [3.05, 3.63) is 81.3 Å². The number of benzene rings is 2. The maximum atomic E-state index is 10.4. The maximum absolute atomic E-state index is 10.4. The van der Waals surface area contributed by atoms with E-state index in [0.29, 0.717) is 11.5 Å². The molecule has 0 bridgehead atoms. The fourth-order valence-electron chi connectivity index (χ4n) is 2.34. The van der Waals surface area contributed by atoms with Crippen LogP contribution >= 0.6 is 31.9 Å². The molecule has 8 heteroatoms. The molecular formula is C20H16Br2N4O2. The van der Waals surface area contributed by atoms with Crippen molar-refractivity contribution >= 4 is 38.1 Å². The van der Waals surface area contributed by atoms with Crippen LogP contribution < -0.4 is 0 Å². The first kappa shape index (κ1) is 20.2. The Morgan fingerprint density at radius 1 is 0.821 bits per heavy atom. The highest BCUT2D eigenvalue weighted by Crippen LogP contribution is 2.19.